The molecule has 176 valence electrons. The van der Waals surface area contributed by atoms with Crippen molar-refractivity contribution in [2.24, 2.45) is 0 Å². The first-order chi connectivity index (χ1) is 14.6. The lowest BCUT2D eigenvalue weighted by atomic mass is 9.95. The molecule has 1 fully saturated rings. The van der Waals surface area contributed by atoms with Crippen LogP contribution in [0.15, 0.2) is 61.2 Å². The van der Waals surface area contributed by atoms with Crippen molar-refractivity contribution in [2.45, 2.75) is 19.9 Å². The highest BCUT2D eigenvalue weighted by molar-refractivity contribution is 6.30. The van der Waals surface area contributed by atoms with Crippen molar-refractivity contribution in [3.63, 3.8) is 0 Å². The van der Waals surface area contributed by atoms with Gasteiger partial charge in [0, 0.05) is 56.4 Å². The lowest BCUT2D eigenvalue weighted by molar-refractivity contribution is 0.0773. The van der Waals surface area contributed by atoms with Gasteiger partial charge in [-0.05, 0) is 49.2 Å². The van der Waals surface area contributed by atoms with Gasteiger partial charge in [0.05, 0.1) is 6.04 Å². The van der Waals surface area contributed by atoms with E-state index >= 15 is 0 Å². The highest BCUT2D eigenvalue weighted by Crippen LogP contribution is 2.31. The van der Waals surface area contributed by atoms with Crippen LogP contribution in [0.4, 0.5) is 0 Å². The van der Waals surface area contributed by atoms with Gasteiger partial charge in [0.15, 0.2) is 0 Å². The van der Waals surface area contributed by atoms with Crippen molar-refractivity contribution in [1.29, 1.82) is 0 Å². The summed E-state index contributed by atoms with van der Waals surface area (Å²) in [6.45, 7) is 14.3. The van der Waals surface area contributed by atoms with Crippen molar-refractivity contribution >= 4 is 42.3 Å². The average molecular weight is 499 g/mol. The molecular weight excluding hydrogens is 465 g/mol. The van der Waals surface area contributed by atoms with Gasteiger partial charge >= 0.3 is 0 Å². The zero-order chi connectivity index (χ0) is 21.5. The van der Waals surface area contributed by atoms with E-state index < -0.39 is 0 Å². The van der Waals surface area contributed by atoms with E-state index in [9.17, 15) is 4.79 Å². The van der Waals surface area contributed by atoms with Crippen LogP contribution in [-0.2, 0) is 0 Å². The molecule has 3 rings (SSSR count). The number of carbonyl (C=O) groups is 1. The Hall–Kier alpha value is -1.56. The van der Waals surface area contributed by atoms with E-state index in [1.54, 1.807) is 0 Å². The smallest absolute Gasteiger partial charge is 0.253 e. The van der Waals surface area contributed by atoms with Gasteiger partial charge in [-0.25, -0.2) is 0 Å². The standard InChI is InChI=1S/C25H32ClN3O.2ClH/c1-4-15-27-16-18-29(19-17-27)24(21-11-13-23(26)14-12-21)20-7-9-22(10-8-20)25(30)28(5-2)6-3;;/h4,7-14,24H,1,5-6,15-19H2,2-3H3;2*1H. The summed E-state index contributed by atoms with van der Waals surface area (Å²) in [6, 6.07) is 16.4. The fraction of sp³-hybridized carbons (Fsp3) is 0.400. The first kappa shape index (κ1) is 28.5. The molecule has 0 bridgehead atoms. The van der Waals surface area contributed by atoms with Gasteiger partial charge in [-0.1, -0.05) is 41.9 Å². The highest BCUT2D eigenvalue weighted by Gasteiger charge is 2.26. The molecule has 32 heavy (non-hydrogen) atoms. The van der Waals surface area contributed by atoms with E-state index in [2.05, 4.69) is 40.6 Å². The Morgan fingerprint density at radius 1 is 0.969 bits per heavy atom. The van der Waals surface area contributed by atoms with Crippen LogP contribution in [0.25, 0.3) is 0 Å². The summed E-state index contributed by atoms with van der Waals surface area (Å²) in [5, 5.41) is 0.744. The van der Waals surface area contributed by atoms with Gasteiger partial charge in [0.25, 0.3) is 5.91 Å². The number of nitrogens with zero attached hydrogens (tertiary/aromatic N) is 3. The molecule has 1 amide bonds. The predicted octanol–water partition coefficient (Wildman–Crippen LogP) is 5.56. The minimum absolute atomic E-state index is 0. The summed E-state index contributed by atoms with van der Waals surface area (Å²) >= 11 is 6.14. The van der Waals surface area contributed by atoms with Crippen LogP contribution in [0, 0.1) is 0 Å². The summed E-state index contributed by atoms with van der Waals surface area (Å²) in [7, 11) is 0. The number of benzene rings is 2. The molecule has 0 radical (unpaired) electrons. The molecule has 0 aliphatic carbocycles. The van der Waals surface area contributed by atoms with Crippen LogP contribution in [-0.4, -0.2) is 66.4 Å². The Bertz CT molecular complexity index is 831. The van der Waals surface area contributed by atoms with Gasteiger partial charge < -0.3 is 4.90 Å². The monoisotopic (exact) mass is 497 g/mol. The van der Waals surface area contributed by atoms with Gasteiger partial charge in [-0.2, -0.15) is 0 Å². The first-order valence-electron chi connectivity index (χ1n) is 10.8. The van der Waals surface area contributed by atoms with E-state index in [4.69, 9.17) is 11.6 Å². The summed E-state index contributed by atoms with van der Waals surface area (Å²) in [6.07, 6.45) is 1.97. The fourth-order valence-electron chi connectivity index (χ4n) is 4.15. The molecule has 0 aromatic heterocycles. The molecule has 0 spiro atoms. The number of halogens is 3. The average Bonchev–Trinajstić information content (AvgIpc) is 2.78. The minimum atomic E-state index is 0. The summed E-state index contributed by atoms with van der Waals surface area (Å²) < 4.78 is 0. The molecule has 1 unspecified atom stereocenters. The summed E-state index contributed by atoms with van der Waals surface area (Å²) in [4.78, 5) is 19.5. The second-order valence-electron chi connectivity index (χ2n) is 7.68. The third-order valence-corrected chi connectivity index (χ3v) is 6.12. The quantitative estimate of drug-likeness (QED) is 0.446. The number of rotatable bonds is 8. The molecule has 0 saturated carbocycles. The number of hydrogen-bond donors (Lipinski definition) is 0. The molecular formula is C25H34Cl3N3O. The molecule has 7 heteroatoms. The Labute approximate surface area is 210 Å². The molecule has 0 N–H and O–H groups in total. The highest BCUT2D eigenvalue weighted by atomic mass is 35.5. The van der Waals surface area contributed by atoms with E-state index in [1.807, 2.05) is 49.1 Å². The van der Waals surface area contributed by atoms with E-state index in [0.29, 0.717) is 0 Å². The van der Waals surface area contributed by atoms with Crippen molar-refractivity contribution in [1.82, 2.24) is 14.7 Å². The lowest BCUT2D eigenvalue weighted by Crippen LogP contribution is -2.47. The second-order valence-corrected chi connectivity index (χ2v) is 8.12. The van der Waals surface area contributed by atoms with Gasteiger partial charge in [-0.15, -0.1) is 31.4 Å². The topological polar surface area (TPSA) is 26.8 Å². The van der Waals surface area contributed by atoms with Crippen LogP contribution in [0.1, 0.15) is 41.4 Å². The molecule has 1 aliphatic heterocycles. The molecule has 1 atom stereocenters. The zero-order valence-electron chi connectivity index (χ0n) is 18.9. The largest absolute Gasteiger partial charge is 0.339 e. The van der Waals surface area contributed by atoms with Crippen molar-refractivity contribution in [3.8, 4) is 0 Å². The molecule has 1 saturated heterocycles. The van der Waals surface area contributed by atoms with E-state index in [0.717, 1.165) is 56.4 Å². The van der Waals surface area contributed by atoms with Crippen LogP contribution in [0.5, 0.6) is 0 Å². The van der Waals surface area contributed by atoms with Crippen LogP contribution < -0.4 is 0 Å². The zero-order valence-corrected chi connectivity index (χ0v) is 21.3. The lowest BCUT2D eigenvalue weighted by Gasteiger charge is -2.39. The van der Waals surface area contributed by atoms with Gasteiger partial charge in [-0.3, -0.25) is 14.6 Å². The number of piperazine rings is 1. The fourth-order valence-corrected chi connectivity index (χ4v) is 4.27. The minimum Gasteiger partial charge on any atom is -0.339 e. The summed E-state index contributed by atoms with van der Waals surface area (Å²) in [5.74, 6) is 0.0904. The molecule has 1 heterocycles. The van der Waals surface area contributed by atoms with E-state index in [1.165, 1.54) is 11.1 Å². The maximum atomic E-state index is 12.7. The van der Waals surface area contributed by atoms with E-state index in [-0.39, 0.29) is 36.8 Å². The first-order valence-corrected chi connectivity index (χ1v) is 11.2. The predicted molar refractivity (Wildman–Crippen MR) is 140 cm³/mol. The number of amides is 1. The maximum absolute atomic E-state index is 12.7. The number of carbonyl (C=O) groups excluding carboxylic acids is 1. The molecule has 2 aromatic carbocycles. The molecule has 1 aliphatic rings. The Kier molecular flexibility index (Phi) is 12.3. The molecule has 2 aromatic rings. The van der Waals surface area contributed by atoms with Gasteiger partial charge in [0.2, 0.25) is 0 Å². The van der Waals surface area contributed by atoms with Crippen molar-refractivity contribution in [3.05, 3.63) is 82.9 Å². The van der Waals surface area contributed by atoms with Crippen molar-refractivity contribution in [2.75, 3.05) is 45.8 Å². The molecule has 4 nitrogen and oxygen atoms in total. The van der Waals surface area contributed by atoms with Crippen LogP contribution in [0.3, 0.4) is 0 Å². The third-order valence-electron chi connectivity index (χ3n) is 5.87. The maximum Gasteiger partial charge on any atom is 0.253 e. The van der Waals surface area contributed by atoms with Gasteiger partial charge in [0.1, 0.15) is 0 Å². The van der Waals surface area contributed by atoms with Crippen LogP contribution in [0.2, 0.25) is 5.02 Å². The Morgan fingerprint density at radius 3 is 1.94 bits per heavy atom. The van der Waals surface area contributed by atoms with Crippen LogP contribution >= 0.6 is 36.4 Å². The SMILES string of the molecule is C=CCN1CCN(C(c2ccc(Cl)cc2)c2ccc(C(=O)N(CC)CC)cc2)CC1.Cl.Cl. The normalized spacial score (nSPS) is 15.2. The number of hydrogen-bond acceptors (Lipinski definition) is 3. The Morgan fingerprint density at radius 2 is 1.47 bits per heavy atom. The van der Waals surface area contributed by atoms with Crippen molar-refractivity contribution < 1.29 is 4.79 Å². The Balaban J connectivity index is 0.00000256. The second kappa shape index (κ2) is 13.9. The third kappa shape index (κ3) is 6.97. The summed E-state index contributed by atoms with van der Waals surface area (Å²) in [5.41, 5.74) is 3.16.